The van der Waals surface area contributed by atoms with E-state index in [0.29, 0.717) is 6.54 Å². The predicted molar refractivity (Wildman–Crippen MR) is 72.8 cm³/mol. The van der Waals surface area contributed by atoms with Gasteiger partial charge in [-0.25, -0.2) is 0 Å². The van der Waals surface area contributed by atoms with Crippen molar-refractivity contribution in [2.24, 2.45) is 0 Å². The van der Waals surface area contributed by atoms with Crippen molar-refractivity contribution in [3.8, 4) is 0 Å². The molecular formula is C14H21NO6. The molecule has 1 heterocycles. The van der Waals surface area contributed by atoms with Gasteiger partial charge in [0.2, 0.25) is 0 Å². The van der Waals surface area contributed by atoms with Crippen LogP contribution in [0, 0.1) is 0 Å². The van der Waals surface area contributed by atoms with Gasteiger partial charge in [0.05, 0.1) is 20.3 Å². The van der Waals surface area contributed by atoms with E-state index >= 15 is 0 Å². The molecule has 1 aromatic rings. The zero-order valence-corrected chi connectivity index (χ0v) is 11.7. The summed E-state index contributed by atoms with van der Waals surface area (Å²) in [5.41, 5.74) is 0.927. The molecule has 1 aliphatic heterocycles. The van der Waals surface area contributed by atoms with Crippen molar-refractivity contribution in [1.82, 2.24) is 5.06 Å². The molecule has 1 saturated heterocycles. The van der Waals surface area contributed by atoms with Gasteiger partial charge >= 0.3 is 0 Å². The summed E-state index contributed by atoms with van der Waals surface area (Å²) in [5.74, 6) is 0. The number of hydroxylamine groups is 2. The first-order valence-electron chi connectivity index (χ1n) is 6.73. The van der Waals surface area contributed by atoms with Gasteiger partial charge in [0.15, 0.2) is 6.23 Å². The summed E-state index contributed by atoms with van der Waals surface area (Å²) in [6.07, 6.45) is -6.11. The Morgan fingerprint density at radius 3 is 2.33 bits per heavy atom. The summed E-state index contributed by atoms with van der Waals surface area (Å²) in [7, 11) is 1.42. The predicted octanol–water partition coefficient (Wildman–Crippen LogP) is -1.15. The van der Waals surface area contributed by atoms with Crippen molar-refractivity contribution in [2.45, 2.75) is 37.2 Å². The van der Waals surface area contributed by atoms with Crippen molar-refractivity contribution in [3.05, 3.63) is 35.9 Å². The van der Waals surface area contributed by atoms with E-state index in [2.05, 4.69) is 0 Å². The lowest BCUT2D eigenvalue weighted by molar-refractivity contribution is -0.331. The van der Waals surface area contributed by atoms with Crippen molar-refractivity contribution in [1.29, 1.82) is 0 Å². The smallest absolute Gasteiger partial charge is 0.162 e. The highest BCUT2D eigenvalue weighted by atomic mass is 16.7. The second-order valence-electron chi connectivity index (χ2n) is 4.96. The van der Waals surface area contributed by atoms with E-state index in [1.807, 2.05) is 30.3 Å². The van der Waals surface area contributed by atoms with Gasteiger partial charge in [0, 0.05) is 0 Å². The summed E-state index contributed by atoms with van der Waals surface area (Å²) in [4.78, 5) is 5.21. The van der Waals surface area contributed by atoms with Crippen LogP contribution >= 0.6 is 0 Å². The second kappa shape index (κ2) is 7.28. The molecule has 1 aliphatic rings. The van der Waals surface area contributed by atoms with Crippen LogP contribution in [0.15, 0.2) is 30.3 Å². The van der Waals surface area contributed by atoms with E-state index in [1.165, 1.54) is 12.2 Å². The van der Waals surface area contributed by atoms with Crippen LogP contribution in [-0.4, -0.2) is 69.8 Å². The molecule has 0 saturated carbocycles. The highest BCUT2D eigenvalue weighted by Crippen LogP contribution is 2.24. The maximum atomic E-state index is 10.1. The fourth-order valence-corrected chi connectivity index (χ4v) is 2.34. The Bertz CT molecular complexity index is 429. The molecule has 0 aromatic heterocycles. The molecule has 1 aromatic carbocycles. The number of aliphatic hydroxyl groups is 4. The maximum absolute atomic E-state index is 10.1. The molecule has 7 nitrogen and oxygen atoms in total. The summed E-state index contributed by atoms with van der Waals surface area (Å²) in [5, 5.41) is 40.2. The number of nitrogens with zero attached hydrogens (tertiary/aromatic N) is 1. The van der Waals surface area contributed by atoms with E-state index in [-0.39, 0.29) is 0 Å². The Morgan fingerprint density at radius 1 is 1.10 bits per heavy atom. The minimum absolute atomic E-state index is 0.319. The minimum atomic E-state index is -1.42. The Hall–Kier alpha value is -1.06. The third-order valence-electron chi connectivity index (χ3n) is 3.57. The average molecular weight is 299 g/mol. The SMILES string of the molecule is CON(Cc1ccccc1)[C@@H]1OC(CO)[C@@H](O)[C@H](O)C1O. The lowest BCUT2D eigenvalue weighted by atomic mass is 9.98. The zero-order valence-electron chi connectivity index (χ0n) is 11.7. The van der Waals surface area contributed by atoms with Crippen molar-refractivity contribution >= 4 is 0 Å². The highest BCUT2D eigenvalue weighted by Gasteiger charge is 2.46. The standard InChI is InChI=1S/C14H21NO6/c1-20-15(7-9-5-3-2-4-6-9)14-13(19)12(18)11(17)10(8-16)21-14/h2-6,10-14,16-19H,7-8H2,1H3/t10?,11-,12+,13?,14-/m1/s1. The molecule has 5 atom stereocenters. The van der Waals surface area contributed by atoms with Gasteiger partial charge in [-0.2, -0.15) is 5.06 Å². The summed E-state index contributed by atoms with van der Waals surface area (Å²) in [6.45, 7) is -0.148. The molecule has 0 radical (unpaired) electrons. The van der Waals surface area contributed by atoms with Gasteiger partial charge < -0.3 is 25.2 Å². The largest absolute Gasteiger partial charge is 0.394 e. The first-order valence-corrected chi connectivity index (χ1v) is 6.73. The van der Waals surface area contributed by atoms with Crippen molar-refractivity contribution < 1.29 is 30.0 Å². The van der Waals surface area contributed by atoms with Crippen molar-refractivity contribution in [2.75, 3.05) is 13.7 Å². The van der Waals surface area contributed by atoms with E-state index in [9.17, 15) is 20.4 Å². The van der Waals surface area contributed by atoms with Crippen LogP contribution in [-0.2, 0) is 16.1 Å². The van der Waals surface area contributed by atoms with E-state index in [1.54, 1.807) is 0 Å². The van der Waals surface area contributed by atoms with Gasteiger partial charge in [-0.3, -0.25) is 4.84 Å². The molecule has 118 valence electrons. The molecule has 2 rings (SSSR count). The molecule has 0 amide bonds. The molecule has 2 unspecified atom stereocenters. The first-order chi connectivity index (χ1) is 10.1. The number of ether oxygens (including phenoxy) is 1. The zero-order chi connectivity index (χ0) is 15.4. The molecule has 21 heavy (non-hydrogen) atoms. The molecule has 0 spiro atoms. The van der Waals surface area contributed by atoms with E-state index < -0.39 is 37.3 Å². The van der Waals surface area contributed by atoms with Crippen LogP contribution in [0.5, 0.6) is 0 Å². The first kappa shape index (κ1) is 16.3. The number of rotatable bonds is 5. The number of hydrogen-bond donors (Lipinski definition) is 4. The maximum Gasteiger partial charge on any atom is 0.162 e. The summed E-state index contributed by atoms with van der Waals surface area (Å²) < 4.78 is 5.45. The van der Waals surface area contributed by atoms with Crippen molar-refractivity contribution in [3.63, 3.8) is 0 Å². The highest BCUT2D eigenvalue weighted by molar-refractivity contribution is 5.14. The van der Waals surface area contributed by atoms with Gasteiger partial charge in [-0.15, -0.1) is 0 Å². The van der Waals surface area contributed by atoms with Crippen LogP contribution in [0.2, 0.25) is 0 Å². The average Bonchev–Trinajstić information content (AvgIpc) is 2.52. The fraction of sp³-hybridized carbons (Fsp3) is 0.571. The molecule has 0 aliphatic carbocycles. The monoisotopic (exact) mass is 299 g/mol. The Labute approximate surface area is 122 Å². The quantitative estimate of drug-likeness (QED) is 0.509. The topological polar surface area (TPSA) is 103 Å². The van der Waals surface area contributed by atoms with Crippen LogP contribution in [0.4, 0.5) is 0 Å². The third-order valence-corrected chi connectivity index (χ3v) is 3.57. The minimum Gasteiger partial charge on any atom is -0.394 e. The second-order valence-corrected chi connectivity index (χ2v) is 4.96. The lowest BCUT2D eigenvalue weighted by Crippen LogP contribution is -2.62. The molecule has 0 bridgehead atoms. The molecular weight excluding hydrogens is 278 g/mol. The van der Waals surface area contributed by atoms with Crippen LogP contribution in [0.25, 0.3) is 0 Å². The fourth-order valence-electron chi connectivity index (χ4n) is 2.34. The Kier molecular flexibility index (Phi) is 5.65. The normalized spacial score (nSPS) is 33.3. The number of aliphatic hydroxyl groups excluding tert-OH is 4. The van der Waals surface area contributed by atoms with Gasteiger partial charge in [0.1, 0.15) is 24.4 Å². The van der Waals surface area contributed by atoms with Gasteiger partial charge in [0.25, 0.3) is 0 Å². The molecule has 4 N–H and O–H groups in total. The third kappa shape index (κ3) is 3.58. The summed E-state index contributed by atoms with van der Waals surface area (Å²) in [6, 6.07) is 9.40. The van der Waals surface area contributed by atoms with Gasteiger partial charge in [-0.05, 0) is 5.56 Å². The number of hydrogen-bond acceptors (Lipinski definition) is 7. The molecule has 1 fully saturated rings. The summed E-state index contributed by atoms with van der Waals surface area (Å²) >= 11 is 0. The van der Waals surface area contributed by atoms with E-state index in [0.717, 1.165) is 5.56 Å². The van der Waals surface area contributed by atoms with Crippen LogP contribution < -0.4 is 0 Å². The van der Waals surface area contributed by atoms with Crippen LogP contribution in [0.3, 0.4) is 0 Å². The lowest BCUT2D eigenvalue weighted by Gasteiger charge is -2.43. The van der Waals surface area contributed by atoms with Gasteiger partial charge in [-0.1, -0.05) is 30.3 Å². The molecule has 7 heteroatoms. The van der Waals surface area contributed by atoms with E-state index in [4.69, 9.17) is 9.57 Å². The number of benzene rings is 1. The Morgan fingerprint density at radius 2 is 1.76 bits per heavy atom. The van der Waals surface area contributed by atoms with Crippen LogP contribution in [0.1, 0.15) is 5.56 Å². The Balaban J connectivity index is 2.12.